The molecule has 53 heavy (non-hydrogen) atoms. The van der Waals surface area contributed by atoms with E-state index in [4.69, 9.17) is 51.6 Å². The Morgan fingerprint density at radius 1 is 0.528 bits per heavy atom. The third kappa shape index (κ3) is 22.0. The van der Waals surface area contributed by atoms with Gasteiger partial charge in [0.2, 0.25) is 23.6 Å². The fraction of sp³-hybridized carbons (Fsp3) is 0.700. The van der Waals surface area contributed by atoms with Gasteiger partial charge in [0.1, 0.15) is 24.2 Å². The van der Waals surface area contributed by atoms with Crippen LogP contribution >= 0.6 is 0 Å². The Kier molecular flexibility index (Phi) is 23.4. The number of carbonyl (C=O) groups is 5. The lowest BCUT2D eigenvalue weighted by molar-refractivity contribution is -0.142. The Bertz CT molecular complexity index is 1290. The van der Waals surface area contributed by atoms with Crippen molar-refractivity contribution in [3.8, 4) is 0 Å². The predicted molar refractivity (Wildman–Crippen MR) is 202 cm³/mol. The largest absolute Gasteiger partial charge is 0.480 e. The minimum atomic E-state index is -1.32. The third-order valence-electron chi connectivity index (χ3n) is 7.81. The van der Waals surface area contributed by atoms with Crippen LogP contribution in [-0.2, 0) is 24.0 Å². The Hall–Kier alpha value is -5.61. The van der Waals surface area contributed by atoms with Crippen LogP contribution in [0.25, 0.3) is 0 Å². The number of guanidine groups is 4. The predicted octanol–water partition coefficient (Wildman–Crippen LogP) is -5.40. The smallest absolute Gasteiger partial charge is 0.326 e. The van der Waals surface area contributed by atoms with Gasteiger partial charge in [-0.05, 0) is 57.3 Å². The molecule has 0 aromatic carbocycles. The molecule has 0 aromatic heterocycles. The SMILES string of the molecule is CC[C@H](C)[C@H](NC(=O)[C@H](CCCN=C(N)N)NC(=O)[C@@H](N)CCCN=C(N)N)C(=O)N[C@@H](CCCN=C(N)N)C(=O)N[C@@H](CCCN=C(N)N)C(=O)O. The maximum absolute atomic E-state index is 13.8. The first-order valence-electron chi connectivity index (χ1n) is 17.3. The normalized spacial score (nSPS) is 14.0. The lowest BCUT2D eigenvalue weighted by Gasteiger charge is -2.29. The Morgan fingerprint density at radius 3 is 1.25 bits per heavy atom. The molecule has 0 aromatic rings. The van der Waals surface area contributed by atoms with Gasteiger partial charge >= 0.3 is 5.97 Å². The molecular formula is C30H61N17O6. The van der Waals surface area contributed by atoms with Crippen molar-refractivity contribution >= 4 is 53.4 Å². The zero-order chi connectivity index (χ0) is 40.5. The number of nitrogens with one attached hydrogen (secondary N) is 4. The zero-order valence-corrected chi connectivity index (χ0v) is 30.6. The lowest BCUT2D eigenvalue weighted by atomic mass is 9.96. The van der Waals surface area contributed by atoms with Gasteiger partial charge in [0, 0.05) is 26.2 Å². The molecule has 0 radical (unpaired) electrons. The van der Waals surface area contributed by atoms with Crippen LogP contribution in [0.3, 0.4) is 0 Å². The van der Waals surface area contributed by atoms with Gasteiger partial charge in [-0.25, -0.2) is 4.79 Å². The van der Waals surface area contributed by atoms with Gasteiger partial charge in [-0.15, -0.1) is 0 Å². The zero-order valence-electron chi connectivity index (χ0n) is 30.6. The van der Waals surface area contributed by atoms with Crippen molar-refractivity contribution in [2.75, 3.05) is 26.2 Å². The Balaban J connectivity index is 6.14. The highest BCUT2D eigenvalue weighted by molar-refractivity contribution is 5.95. The van der Waals surface area contributed by atoms with Crippen LogP contribution in [0.4, 0.5) is 0 Å². The van der Waals surface area contributed by atoms with E-state index in [0.29, 0.717) is 12.8 Å². The third-order valence-corrected chi connectivity index (χ3v) is 7.81. The molecular weight excluding hydrogens is 694 g/mol. The van der Waals surface area contributed by atoms with Crippen molar-refractivity contribution in [2.45, 2.75) is 102 Å². The summed E-state index contributed by atoms with van der Waals surface area (Å²) >= 11 is 0. The van der Waals surface area contributed by atoms with Gasteiger partial charge in [-0.3, -0.25) is 39.1 Å². The molecule has 0 spiro atoms. The van der Waals surface area contributed by atoms with Gasteiger partial charge in [0.05, 0.1) is 6.04 Å². The van der Waals surface area contributed by atoms with E-state index >= 15 is 0 Å². The van der Waals surface area contributed by atoms with Crippen LogP contribution in [0.1, 0.15) is 71.6 Å². The highest BCUT2D eigenvalue weighted by atomic mass is 16.4. The average Bonchev–Trinajstić information content (AvgIpc) is 3.07. The number of rotatable bonds is 27. The molecule has 0 rings (SSSR count). The van der Waals surface area contributed by atoms with E-state index in [1.165, 1.54) is 0 Å². The van der Waals surface area contributed by atoms with Gasteiger partial charge < -0.3 is 78.0 Å². The molecule has 0 saturated heterocycles. The number of hydrogen-bond donors (Lipinski definition) is 14. The summed E-state index contributed by atoms with van der Waals surface area (Å²) in [7, 11) is 0. The molecule has 0 aliphatic carbocycles. The number of nitrogens with zero attached hydrogens (tertiary/aromatic N) is 4. The fourth-order valence-corrected chi connectivity index (χ4v) is 4.72. The summed E-state index contributed by atoms with van der Waals surface area (Å²) in [5, 5.41) is 20.2. The maximum atomic E-state index is 13.8. The molecule has 0 aliphatic heterocycles. The van der Waals surface area contributed by atoms with E-state index in [1.54, 1.807) is 13.8 Å². The number of aliphatic imine (C=N–C) groups is 4. The van der Waals surface area contributed by atoms with Crippen molar-refractivity contribution in [1.82, 2.24) is 21.3 Å². The van der Waals surface area contributed by atoms with E-state index in [9.17, 15) is 29.1 Å². The molecule has 0 fully saturated rings. The molecule has 23 nitrogen and oxygen atoms in total. The first-order chi connectivity index (χ1) is 24.9. The maximum Gasteiger partial charge on any atom is 0.326 e. The molecule has 0 bridgehead atoms. The van der Waals surface area contributed by atoms with Gasteiger partial charge in [0.15, 0.2) is 23.8 Å². The van der Waals surface area contributed by atoms with Crippen molar-refractivity contribution in [3.63, 3.8) is 0 Å². The molecule has 0 aliphatic rings. The van der Waals surface area contributed by atoms with E-state index in [0.717, 1.165) is 0 Å². The Morgan fingerprint density at radius 2 is 0.868 bits per heavy atom. The molecule has 302 valence electrons. The monoisotopic (exact) mass is 755 g/mol. The fourth-order valence-electron chi connectivity index (χ4n) is 4.72. The van der Waals surface area contributed by atoms with Crippen LogP contribution < -0.4 is 72.9 Å². The second-order valence-corrected chi connectivity index (χ2v) is 12.3. The number of nitrogens with two attached hydrogens (primary N) is 9. The van der Waals surface area contributed by atoms with Crippen molar-refractivity contribution < 1.29 is 29.1 Å². The molecule has 0 saturated carbocycles. The number of carboxylic acids is 1. The topological polar surface area (TPSA) is 437 Å². The Labute approximate surface area is 309 Å². The molecule has 6 atom stereocenters. The number of amides is 4. The van der Waals surface area contributed by atoms with Gasteiger partial charge in [-0.1, -0.05) is 20.3 Å². The first-order valence-corrected chi connectivity index (χ1v) is 17.3. The standard InChI is InChI=1S/C30H61N17O6/c1-3-16(2)21(47-24(50)19(10-6-14-42-29(36)37)44-22(48)17(31)8-4-12-40-27(32)33)25(51)45-18(9-5-13-41-28(34)35)23(49)46-20(26(52)53)11-7-15-43-30(38)39/h16-21H,3-15,31H2,1-2H3,(H,44,48)(H,45,51)(H,46,49)(H,47,50)(H,52,53)(H4,32,33,40)(H4,34,35,41)(H4,36,37,42)(H4,38,39,43)/t16-,17-,18-,19-,20-,21-/m0/s1. The van der Waals surface area contributed by atoms with Crippen LogP contribution in [0.2, 0.25) is 0 Å². The summed E-state index contributed by atoms with van der Waals surface area (Å²) in [4.78, 5) is 81.3. The summed E-state index contributed by atoms with van der Waals surface area (Å²) in [6, 6.07) is -5.88. The number of aliphatic carboxylic acids is 1. The van der Waals surface area contributed by atoms with E-state index in [2.05, 4.69) is 41.2 Å². The molecule has 0 unspecified atom stereocenters. The van der Waals surface area contributed by atoms with E-state index < -0.39 is 65.7 Å². The molecule has 23 heteroatoms. The quantitative estimate of drug-likeness (QED) is 0.0211. The summed E-state index contributed by atoms with van der Waals surface area (Å²) < 4.78 is 0. The summed E-state index contributed by atoms with van der Waals surface area (Å²) in [6.07, 6.45) is 1.89. The van der Waals surface area contributed by atoms with Crippen LogP contribution in [0.5, 0.6) is 0 Å². The summed E-state index contributed by atoms with van der Waals surface area (Å²) in [5.74, 6) is -5.17. The highest BCUT2D eigenvalue weighted by Crippen LogP contribution is 2.12. The lowest BCUT2D eigenvalue weighted by Crippen LogP contribution is -2.59. The second kappa shape index (κ2) is 26.2. The minimum absolute atomic E-state index is 0.00567. The summed E-state index contributed by atoms with van der Waals surface area (Å²) in [6.45, 7) is 4.18. The highest BCUT2D eigenvalue weighted by Gasteiger charge is 2.33. The van der Waals surface area contributed by atoms with Crippen LogP contribution in [-0.4, -0.2) is 115 Å². The summed E-state index contributed by atoms with van der Waals surface area (Å²) in [5.41, 5.74) is 49.0. The molecule has 0 heterocycles. The number of hydrogen-bond acceptors (Lipinski definition) is 10. The second-order valence-electron chi connectivity index (χ2n) is 12.3. The van der Waals surface area contributed by atoms with E-state index in [1.807, 2.05) is 0 Å². The average molecular weight is 756 g/mol. The van der Waals surface area contributed by atoms with Crippen LogP contribution in [0.15, 0.2) is 20.0 Å². The molecule has 23 N–H and O–H groups in total. The number of carboxylic acid groups (broad SMARTS) is 1. The molecule has 4 amide bonds. The van der Waals surface area contributed by atoms with E-state index in [-0.39, 0.29) is 95.0 Å². The van der Waals surface area contributed by atoms with Gasteiger partial charge in [-0.2, -0.15) is 0 Å². The van der Waals surface area contributed by atoms with Crippen molar-refractivity contribution in [2.24, 2.45) is 77.5 Å². The number of carbonyl (C=O) groups excluding carboxylic acids is 4. The minimum Gasteiger partial charge on any atom is -0.480 e. The van der Waals surface area contributed by atoms with Gasteiger partial charge in [0.25, 0.3) is 0 Å². The van der Waals surface area contributed by atoms with Crippen molar-refractivity contribution in [1.29, 1.82) is 0 Å². The van der Waals surface area contributed by atoms with Crippen molar-refractivity contribution in [3.05, 3.63) is 0 Å². The first kappa shape index (κ1) is 47.4. The van der Waals surface area contributed by atoms with Crippen LogP contribution in [0, 0.1) is 5.92 Å².